The van der Waals surface area contributed by atoms with Crippen molar-refractivity contribution >= 4 is 46.1 Å². The van der Waals surface area contributed by atoms with Crippen molar-refractivity contribution in [1.82, 2.24) is 10.3 Å². The van der Waals surface area contributed by atoms with Crippen molar-refractivity contribution in [2.45, 2.75) is 17.7 Å². The Labute approximate surface area is 166 Å². The van der Waals surface area contributed by atoms with Crippen molar-refractivity contribution in [2.24, 2.45) is 0 Å². The van der Waals surface area contributed by atoms with Crippen LogP contribution in [0.5, 0.6) is 0 Å². The third kappa shape index (κ3) is 3.66. The lowest BCUT2D eigenvalue weighted by atomic mass is 10.2. The van der Waals surface area contributed by atoms with E-state index in [2.05, 4.69) is 16.4 Å². The minimum absolute atomic E-state index is 0.176. The predicted octanol–water partition coefficient (Wildman–Crippen LogP) is 3.34. The van der Waals surface area contributed by atoms with Gasteiger partial charge >= 0.3 is 0 Å². The van der Waals surface area contributed by atoms with Gasteiger partial charge in [0.25, 0.3) is 5.91 Å². The Morgan fingerprint density at radius 1 is 1.04 bits per heavy atom. The number of imide groups is 1. The molecular weight excluding hydrogens is 374 g/mol. The highest BCUT2D eigenvalue weighted by Crippen LogP contribution is 2.27. The molecule has 0 radical (unpaired) electrons. The highest BCUT2D eigenvalue weighted by atomic mass is 32.2. The molecule has 0 unspecified atom stereocenters. The van der Waals surface area contributed by atoms with Gasteiger partial charge in [-0.15, -0.1) is 11.8 Å². The molecule has 2 aromatic carbocycles. The molecule has 2 N–H and O–H groups in total. The average Bonchev–Trinajstić information content (AvgIpc) is 3.28. The van der Waals surface area contributed by atoms with Crippen LogP contribution in [0, 0.1) is 0 Å². The fourth-order valence-electron chi connectivity index (χ4n) is 3.22. The van der Waals surface area contributed by atoms with Gasteiger partial charge in [0.1, 0.15) is 0 Å². The molecule has 1 saturated heterocycles. The van der Waals surface area contributed by atoms with Gasteiger partial charge in [-0.05, 0) is 30.3 Å². The number of fused-ring (bicyclic) bond motifs is 1. The number of thioether (sulfide) groups is 1. The van der Waals surface area contributed by atoms with E-state index in [-0.39, 0.29) is 30.6 Å². The third-order valence-corrected chi connectivity index (χ3v) is 5.69. The highest BCUT2D eigenvalue weighted by molar-refractivity contribution is 7.99. The fraction of sp³-hybridized carbons (Fsp3) is 0.190. The van der Waals surface area contributed by atoms with Crippen LogP contribution in [0.4, 0.5) is 5.69 Å². The number of aromatic amines is 1. The maximum absolute atomic E-state index is 12.3. The number of hydrogen-bond acceptors (Lipinski definition) is 4. The summed E-state index contributed by atoms with van der Waals surface area (Å²) in [5, 5.41) is 4.08. The summed E-state index contributed by atoms with van der Waals surface area (Å²) in [7, 11) is 0. The number of benzene rings is 2. The van der Waals surface area contributed by atoms with Crippen molar-refractivity contribution in [3.05, 3.63) is 60.3 Å². The van der Waals surface area contributed by atoms with Crippen LogP contribution in [0.25, 0.3) is 10.9 Å². The summed E-state index contributed by atoms with van der Waals surface area (Å²) in [6.45, 7) is 0.536. The van der Waals surface area contributed by atoms with E-state index in [0.29, 0.717) is 17.8 Å². The molecule has 0 bridgehead atoms. The van der Waals surface area contributed by atoms with E-state index in [1.165, 1.54) is 10.3 Å². The molecule has 7 heteroatoms. The van der Waals surface area contributed by atoms with E-state index < -0.39 is 0 Å². The zero-order valence-electron chi connectivity index (χ0n) is 15.1. The van der Waals surface area contributed by atoms with Gasteiger partial charge in [-0.2, -0.15) is 0 Å². The summed E-state index contributed by atoms with van der Waals surface area (Å²) in [5.41, 5.74) is 2.11. The molecule has 0 atom stereocenters. The summed E-state index contributed by atoms with van der Waals surface area (Å²) in [6, 6.07) is 14.7. The van der Waals surface area contributed by atoms with E-state index in [0.717, 1.165) is 16.2 Å². The number of carbonyl (C=O) groups is 3. The number of anilines is 1. The van der Waals surface area contributed by atoms with Crippen molar-refractivity contribution in [3.8, 4) is 0 Å². The molecule has 1 aromatic heterocycles. The van der Waals surface area contributed by atoms with Gasteiger partial charge in [0.15, 0.2) is 0 Å². The minimum Gasteiger partial charge on any atom is -0.360 e. The SMILES string of the molecule is O=C(NCCSc1c[nH]c2ccccc12)c1ccc(N2C(=O)CCC2=O)cc1. The Morgan fingerprint density at radius 2 is 1.75 bits per heavy atom. The molecule has 2 heterocycles. The lowest BCUT2D eigenvalue weighted by Crippen LogP contribution is -2.29. The van der Waals surface area contributed by atoms with Crippen LogP contribution in [0.15, 0.2) is 59.6 Å². The van der Waals surface area contributed by atoms with Gasteiger partial charge in [0.2, 0.25) is 11.8 Å². The predicted molar refractivity (Wildman–Crippen MR) is 110 cm³/mol. The molecule has 3 amide bonds. The smallest absolute Gasteiger partial charge is 0.251 e. The van der Waals surface area contributed by atoms with Crippen molar-refractivity contribution < 1.29 is 14.4 Å². The first-order chi connectivity index (χ1) is 13.6. The lowest BCUT2D eigenvalue weighted by Gasteiger charge is -2.14. The first-order valence-corrected chi connectivity index (χ1v) is 10.0. The van der Waals surface area contributed by atoms with E-state index in [9.17, 15) is 14.4 Å². The van der Waals surface area contributed by atoms with E-state index in [1.807, 2.05) is 24.4 Å². The molecule has 6 nitrogen and oxygen atoms in total. The minimum atomic E-state index is -0.198. The molecule has 4 rings (SSSR count). The fourth-order valence-corrected chi connectivity index (χ4v) is 4.12. The zero-order chi connectivity index (χ0) is 19.5. The highest BCUT2D eigenvalue weighted by Gasteiger charge is 2.30. The van der Waals surface area contributed by atoms with Crippen LogP contribution in [-0.4, -0.2) is 35.0 Å². The number of nitrogens with one attached hydrogen (secondary N) is 2. The number of aromatic nitrogens is 1. The zero-order valence-corrected chi connectivity index (χ0v) is 15.9. The molecule has 142 valence electrons. The number of nitrogens with zero attached hydrogens (tertiary/aromatic N) is 1. The van der Waals surface area contributed by atoms with Gasteiger partial charge < -0.3 is 10.3 Å². The number of carbonyl (C=O) groups excluding carboxylic acids is 3. The second kappa shape index (κ2) is 7.90. The van der Waals surface area contributed by atoms with Crippen LogP contribution in [-0.2, 0) is 9.59 Å². The number of hydrogen-bond donors (Lipinski definition) is 2. The van der Waals surface area contributed by atoms with Crippen LogP contribution in [0.2, 0.25) is 0 Å². The van der Waals surface area contributed by atoms with Crippen LogP contribution < -0.4 is 10.2 Å². The van der Waals surface area contributed by atoms with Gasteiger partial charge in [-0.3, -0.25) is 19.3 Å². The second-order valence-electron chi connectivity index (χ2n) is 6.47. The summed E-state index contributed by atoms with van der Waals surface area (Å²) < 4.78 is 0. The lowest BCUT2D eigenvalue weighted by molar-refractivity contribution is -0.121. The first kappa shape index (κ1) is 18.3. The molecule has 0 saturated carbocycles. The Hall–Kier alpha value is -3.06. The standard InChI is InChI=1S/C21H19N3O3S/c25-19-9-10-20(26)24(19)15-7-5-14(6-8-15)21(27)22-11-12-28-18-13-23-17-4-2-1-3-16(17)18/h1-8,13,23H,9-12H2,(H,22,27). The summed E-state index contributed by atoms with van der Waals surface area (Å²) >= 11 is 1.69. The average molecular weight is 393 g/mol. The van der Waals surface area contributed by atoms with E-state index in [1.54, 1.807) is 36.0 Å². The summed E-state index contributed by atoms with van der Waals surface area (Å²) in [6.07, 6.45) is 2.47. The van der Waals surface area contributed by atoms with E-state index in [4.69, 9.17) is 0 Å². The van der Waals surface area contributed by atoms with Gasteiger partial charge in [-0.1, -0.05) is 18.2 Å². The first-order valence-electron chi connectivity index (χ1n) is 9.06. The third-order valence-electron chi connectivity index (χ3n) is 4.64. The topological polar surface area (TPSA) is 82.3 Å². The Bertz CT molecular complexity index is 1030. The molecular formula is C21H19N3O3S. The molecule has 1 aliphatic heterocycles. The maximum Gasteiger partial charge on any atom is 0.251 e. The quantitative estimate of drug-likeness (QED) is 0.382. The molecule has 1 fully saturated rings. The Kier molecular flexibility index (Phi) is 5.16. The number of amides is 3. The number of para-hydroxylation sites is 1. The monoisotopic (exact) mass is 393 g/mol. The van der Waals surface area contributed by atoms with Crippen molar-refractivity contribution in [2.75, 3.05) is 17.2 Å². The van der Waals surface area contributed by atoms with Crippen molar-refractivity contribution in [1.29, 1.82) is 0 Å². The molecule has 1 aliphatic rings. The largest absolute Gasteiger partial charge is 0.360 e. The van der Waals surface area contributed by atoms with Crippen LogP contribution in [0.1, 0.15) is 23.2 Å². The summed E-state index contributed by atoms with van der Waals surface area (Å²) in [4.78, 5) is 41.4. The van der Waals surface area contributed by atoms with Crippen LogP contribution >= 0.6 is 11.8 Å². The van der Waals surface area contributed by atoms with Gasteiger partial charge in [0, 0.05) is 52.7 Å². The Morgan fingerprint density at radius 3 is 2.50 bits per heavy atom. The molecule has 0 aliphatic carbocycles. The summed E-state index contributed by atoms with van der Waals surface area (Å²) in [5.74, 6) is 0.181. The maximum atomic E-state index is 12.3. The van der Waals surface area contributed by atoms with Gasteiger partial charge in [-0.25, -0.2) is 0 Å². The van der Waals surface area contributed by atoms with E-state index >= 15 is 0 Å². The normalized spacial score (nSPS) is 14.1. The number of H-pyrrole nitrogens is 1. The van der Waals surface area contributed by atoms with Crippen LogP contribution in [0.3, 0.4) is 0 Å². The second-order valence-corrected chi connectivity index (χ2v) is 7.61. The van der Waals surface area contributed by atoms with Gasteiger partial charge in [0.05, 0.1) is 5.69 Å². The molecule has 3 aromatic rings. The molecule has 0 spiro atoms. The Balaban J connectivity index is 1.30. The number of rotatable bonds is 6. The molecule has 28 heavy (non-hydrogen) atoms. The van der Waals surface area contributed by atoms with Crippen molar-refractivity contribution in [3.63, 3.8) is 0 Å².